The first-order valence-corrected chi connectivity index (χ1v) is 6.15. The van der Waals surface area contributed by atoms with Crippen molar-refractivity contribution >= 4 is 5.91 Å². The van der Waals surface area contributed by atoms with E-state index in [2.05, 4.69) is 13.0 Å². The maximum absolute atomic E-state index is 11.0. The average Bonchev–Trinajstić information content (AvgIpc) is 2.36. The van der Waals surface area contributed by atoms with E-state index < -0.39 is 0 Å². The number of primary amides is 1. The number of rotatable bonds is 7. The van der Waals surface area contributed by atoms with E-state index in [1.165, 1.54) is 0 Å². The first-order valence-electron chi connectivity index (χ1n) is 6.15. The Kier molecular flexibility index (Phi) is 5.89. The largest absolute Gasteiger partial charge is 0.369 e. The molecule has 0 aliphatic rings. The Morgan fingerprint density at radius 2 is 2.06 bits per heavy atom. The molecule has 0 spiro atoms. The van der Waals surface area contributed by atoms with Gasteiger partial charge in [-0.05, 0) is 30.7 Å². The van der Waals surface area contributed by atoms with Crippen LogP contribution < -0.4 is 5.73 Å². The van der Waals surface area contributed by atoms with Crippen LogP contribution in [0.2, 0.25) is 0 Å². The molecule has 96 valence electrons. The van der Waals surface area contributed by atoms with E-state index >= 15 is 0 Å². The number of nitrogens with zero attached hydrogens (tertiary/aromatic N) is 2. The fourth-order valence-electron chi connectivity index (χ4n) is 1.76. The highest BCUT2D eigenvalue weighted by Gasteiger charge is 2.08. The van der Waals surface area contributed by atoms with E-state index in [0.29, 0.717) is 12.1 Å². The van der Waals surface area contributed by atoms with E-state index in [1.807, 2.05) is 17.0 Å². The van der Waals surface area contributed by atoms with Gasteiger partial charge in [0.15, 0.2) is 0 Å². The van der Waals surface area contributed by atoms with E-state index in [9.17, 15) is 4.79 Å². The van der Waals surface area contributed by atoms with Gasteiger partial charge in [-0.3, -0.25) is 9.69 Å². The fraction of sp³-hybridized carbons (Fsp3) is 0.429. The summed E-state index contributed by atoms with van der Waals surface area (Å²) in [5.41, 5.74) is 6.98. The minimum Gasteiger partial charge on any atom is -0.369 e. The van der Waals surface area contributed by atoms with Crippen LogP contribution in [0.15, 0.2) is 24.3 Å². The second-order valence-corrected chi connectivity index (χ2v) is 4.34. The first kappa shape index (κ1) is 14.2. The van der Waals surface area contributed by atoms with Crippen molar-refractivity contribution in [1.82, 2.24) is 4.90 Å². The Balaban J connectivity index is 2.63. The Bertz CT molecular complexity index is 420. The SMILES string of the molecule is CCCCN(CC(N)=O)Cc1ccc(C#N)cc1. The van der Waals surface area contributed by atoms with E-state index in [1.54, 1.807) is 12.1 Å². The monoisotopic (exact) mass is 245 g/mol. The van der Waals surface area contributed by atoms with Crippen molar-refractivity contribution in [3.8, 4) is 6.07 Å². The molecule has 0 heterocycles. The molecule has 2 N–H and O–H groups in total. The van der Waals surface area contributed by atoms with Gasteiger partial charge in [0.1, 0.15) is 0 Å². The fourth-order valence-corrected chi connectivity index (χ4v) is 1.76. The van der Waals surface area contributed by atoms with Crippen LogP contribution >= 0.6 is 0 Å². The number of nitrogens with two attached hydrogens (primary N) is 1. The third-order valence-corrected chi connectivity index (χ3v) is 2.70. The number of carbonyl (C=O) groups excluding carboxylic acids is 1. The minimum absolute atomic E-state index is 0.278. The van der Waals surface area contributed by atoms with Crippen molar-refractivity contribution in [2.75, 3.05) is 13.1 Å². The van der Waals surface area contributed by atoms with Crippen LogP contribution in [0.5, 0.6) is 0 Å². The molecule has 0 bridgehead atoms. The van der Waals surface area contributed by atoms with Crippen molar-refractivity contribution in [2.45, 2.75) is 26.3 Å². The summed E-state index contributed by atoms with van der Waals surface area (Å²) in [4.78, 5) is 13.0. The highest BCUT2D eigenvalue weighted by atomic mass is 16.1. The molecular formula is C14H19N3O. The molecular weight excluding hydrogens is 226 g/mol. The molecule has 0 saturated carbocycles. The molecule has 1 aromatic carbocycles. The maximum Gasteiger partial charge on any atom is 0.231 e. The number of carbonyl (C=O) groups is 1. The molecule has 1 amide bonds. The van der Waals surface area contributed by atoms with Gasteiger partial charge in [-0.1, -0.05) is 25.5 Å². The van der Waals surface area contributed by atoms with Gasteiger partial charge in [-0.15, -0.1) is 0 Å². The number of nitriles is 1. The molecule has 0 fully saturated rings. The van der Waals surface area contributed by atoms with Gasteiger partial charge in [-0.2, -0.15) is 5.26 Å². The molecule has 0 saturated heterocycles. The molecule has 0 aliphatic carbocycles. The van der Waals surface area contributed by atoms with Crippen molar-refractivity contribution < 1.29 is 4.79 Å². The molecule has 0 radical (unpaired) electrons. The zero-order valence-corrected chi connectivity index (χ0v) is 10.7. The lowest BCUT2D eigenvalue weighted by Crippen LogP contribution is -2.34. The van der Waals surface area contributed by atoms with Crippen LogP contribution in [0.3, 0.4) is 0 Å². The number of benzene rings is 1. The van der Waals surface area contributed by atoms with Crippen molar-refractivity contribution in [2.24, 2.45) is 5.73 Å². The number of amides is 1. The third kappa shape index (κ3) is 4.98. The van der Waals surface area contributed by atoms with Gasteiger partial charge in [0, 0.05) is 6.54 Å². The molecule has 1 rings (SSSR count). The molecule has 0 atom stereocenters. The normalized spacial score (nSPS) is 10.3. The summed E-state index contributed by atoms with van der Waals surface area (Å²) in [6, 6.07) is 9.50. The summed E-state index contributed by atoms with van der Waals surface area (Å²) in [5, 5.41) is 8.72. The highest BCUT2D eigenvalue weighted by molar-refractivity contribution is 5.75. The molecule has 0 aromatic heterocycles. The number of hydrogen-bond acceptors (Lipinski definition) is 3. The average molecular weight is 245 g/mol. The Morgan fingerprint density at radius 1 is 1.39 bits per heavy atom. The maximum atomic E-state index is 11.0. The van der Waals surface area contributed by atoms with Gasteiger partial charge >= 0.3 is 0 Å². The highest BCUT2D eigenvalue weighted by Crippen LogP contribution is 2.08. The third-order valence-electron chi connectivity index (χ3n) is 2.70. The summed E-state index contributed by atoms with van der Waals surface area (Å²) in [7, 11) is 0. The predicted octanol–water partition coefficient (Wildman–Crippen LogP) is 1.65. The number of hydrogen-bond donors (Lipinski definition) is 1. The summed E-state index contributed by atoms with van der Waals surface area (Å²) in [6.45, 7) is 3.94. The van der Waals surface area contributed by atoms with Crippen molar-refractivity contribution in [1.29, 1.82) is 5.26 Å². The Morgan fingerprint density at radius 3 is 2.56 bits per heavy atom. The van der Waals surface area contributed by atoms with Crippen molar-refractivity contribution in [3.63, 3.8) is 0 Å². The summed E-state index contributed by atoms with van der Waals surface area (Å²) >= 11 is 0. The lowest BCUT2D eigenvalue weighted by Gasteiger charge is -2.20. The predicted molar refractivity (Wildman–Crippen MR) is 70.5 cm³/mol. The molecule has 0 unspecified atom stereocenters. The van der Waals surface area contributed by atoms with Crippen LogP contribution in [0.25, 0.3) is 0 Å². The second-order valence-electron chi connectivity index (χ2n) is 4.34. The summed E-state index contributed by atoms with van der Waals surface area (Å²) in [6.07, 6.45) is 2.13. The van der Waals surface area contributed by atoms with Crippen molar-refractivity contribution in [3.05, 3.63) is 35.4 Å². The topological polar surface area (TPSA) is 70.1 Å². The molecule has 4 heteroatoms. The lowest BCUT2D eigenvalue weighted by molar-refractivity contribution is -0.119. The van der Waals surface area contributed by atoms with Crippen LogP contribution in [0, 0.1) is 11.3 Å². The Labute approximate surface area is 108 Å². The van der Waals surface area contributed by atoms with Gasteiger partial charge in [-0.25, -0.2) is 0 Å². The molecule has 0 aliphatic heterocycles. The van der Waals surface area contributed by atoms with Crippen LogP contribution in [0.1, 0.15) is 30.9 Å². The van der Waals surface area contributed by atoms with E-state index in [0.717, 1.165) is 24.9 Å². The van der Waals surface area contributed by atoms with Gasteiger partial charge < -0.3 is 5.73 Å². The molecule has 4 nitrogen and oxygen atoms in total. The van der Waals surface area contributed by atoms with Crippen LogP contribution in [-0.2, 0) is 11.3 Å². The van der Waals surface area contributed by atoms with E-state index in [4.69, 9.17) is 11.0 Å². The van der Waals surface area contributed by atoms with E-state index in [-0.39, 0.29) is 12.5 Å². The van der Waals surface area contributed by atoms with Gasteiger partial charge in [0.2, 0.25) is 5.91 Å². The lowest BCUT2D eigenvalue weighted by atomic mass is 10.1. The second kappa shape index (κ2) is 7.46. The molecule has 18 heavy (non-hydrogen) atoms. The quantitative estimate of drug-likeness (QED) is 0.794. The van der Waals surface area contributed by atoms with Crippen LogP contribution in [0.4, 0.5) is 0 Å². The number of unbranched alkanes of at least 4 members (excludes halogenated alkanes) is 1. The summed E-state index contributed by atoms with van der Waals surface area (Å²) in [5.74, 6) is -0.306. The zero-order valence-electron chi connectivity index (χ0n) is 10.7. The minimum atomic E-state index is -0.306. The van der Waals surface area contributed by atoms with Gasteiger partial charge in [0.05, 0.1) is 18.2 Å². The Hall–Kier alpha value is -1.86. The standard InChI is InChI=1S/C14H19N3O/c1-2-3-8-17(11-14(16)18)10-13-6-4-12(9-15)5-7-13/h4-7H,2-3,8,10-11H2,1H3,(H2,16,18). The summed E-state index contributed by atoms with van der Waals surface area (Å²) < 4.78 is 0. The molecule has 1 aromatic rings. The van der Waals surface area contributed by atoms with Crippen LogP contribution in [-0.4, -0.2) is 23.9 Å². The zero-order chi connectivity index (χ0) is 13.4. The first-order chi connectivity index (χ1) is 8.65. The van der Waals surface area contributed by atoms with Gasteiger partial charge in [0.25, 0.3) is 0 Å². The smallest absolute Gasteiger partial charge is 0.231 e.